The zero-order valence-electron chi connectivity index (χ0n) is 17.4. The molecule has 1 aliphatic rings. The Morgan fingerprint density at radius 2 is 1.64 bits per heavy atom. The summed E-state index contributed by atoms with van der Waals surface area (Å²) in [5.74, 6) is 0.508. The van der Waals surface area contributed by atoms with E-state index in [0.29, 0.717) is 12.5 Å². The first-order valence-electron chi connectivity index (χ1n) is 10.5. The predicted molar refractivity (Wildman–Crippen MR) is 117 cm³/mol. The van der Waals surface area contributed by atoms with Gasteiger partial charge in [-0.05, 0) is 37.5 Å². The molecule has 1 aliphatic heterocycles. The SMILES string of the molecule is CC[C@H](CNC(=O)[C@@H](C)N1CCN(c2ccccc2C)CC1)c1ccccc1. The molecule has 0 aliphatic carbocycles. The lowest BCUT2D eigenvalue weighted by molar-refractivity contribution is -0.126. The first-order chi connectivity index (χ1) is 13.6. The molecule has 1 N–H and O–H groups in total. The normalized spacial score (nSPS) is 17.2. The first-order valence-corrected chi connectivity index (χ1v) is 10.5. The van der Waals surface area contributed by atoms with Crippen LogP contribution >= 0.6 is 0 Å². The molecule has 0 aromatic heterocycles. The van der Waals surface area contributed by atoms with Gasteiger partial charge in [0, 0.05) is 44.3 Å². The van der Waals surface area contributed by atoms with Gasteiger partial charge in [-0.2, -0.15) is 0 Å². The number of carbonyl (C=O) groups is 1. The Kier molecular flexibility index (Phi) is 7.10. The van der Waals surface area contributed by atoms with E-state index in [2.05, 4.69) is 77.5 Å². The van der Waals surface area contributed by atoms with Gasteiger partial charge in [-0.15, -0.1) is 0 Å². The third kappa shape index (κ3) is 4.93. The van der Waals surface area contributed by atoms with Crippen molar-refractivity contribution in [1.29, 1.82) is 0 Å². The van der Waals surface area contributed by atoms with Crippen LogP contribution in [0.15, 0.2) is 54.6 Å². The predicted octanol–water partition coefficient (Wildman–Crippen LogP) is 3.82. The maximum atomic E-state index is 12.7. The Balaban J connectivity index is 1.50. The Hall–Kier alpha value is -2.33. The first kappa shape index (κ1) is 20.4. The molecule has 4 nitrogen and oxygen atoms in total. The summed E-state index contributed by atoms with van der Waals surface area (Å²) in [5, 5.41) is 3.19. The number of amides is 1. The van der Waals surface area contributed by atoms with E-state index in [1.807, 2.05) is 13.0 Å². The molecule has 150 valence electrons. The van der Waals surface area contributed by atoms with Crippen molar-refractivity contribution in [2.45, 2.75) is 39.2 Å². The average Bonchev–Trinajstić information content (AvgIpc) is 2.75. The summed E-state index contributed by atoms with van der Waals surface area (Å²) >= 11 is 0. The monoisotopic (exact) mass is 379 g/mol. The van der Waals surface area contributed by atoms with E-state index in [0.717, 1.165) is 32.6 Å². The fraction of sp³-hybridized carbons (Fsp3) is 0.458. The van der Waals surface area contributed by atoms with Crippen molar-refractivity contribution in [2.24, 2.45) is 0 Å². The van der Waals surface area contributed by atoms with E-state index in [-0.39, 0.29) is 11.9 Å². The van der Waals surface area contributed by atoms with Crippen molar-refractivity contribution < 1.29 is 4.79 Å². The fourth-order valence-corrected chi connectivity index (χ4v) is 4.03. The number of rotatable bonds is 7. The molecule has 0 spiro atoms. The van der Waals surface area contributed by atoms with E-state index in [9.17, 15) is 4.79 Å². The van der Waals surface area contributed by atoms with Crippen molar-refractivity contribution in [3.8, 4) is 0 Å². The molecule has 1 fully saturated rings. The molecule has 0 unspecified atom stereocenters. The largest absolute Gasteiger partial charge is 0.369 e. The van der Waals surface area contributed by atoms with Gasteiger partial charge >= 0.3 is 0 Å². The number of aryl methyl sites for hydroxylation is 1. The van der Waals surface area contributed by atoms with Crippen LogP contribution in [0, 0.1) is 6.92 Å². The summed E-state index contributed by atoms with van der Waals surface area (Å²) in [7, 11) is 0. The molecule has 28 heavy (non-hydrogen) atoms. The van der Waals surface area contributed by atoms with Crippen LogP contribution in [0.1, 0.15) is 37.3 Å². The van der Waals surface area contributed by atoms with Crippen molar-refractivity contribution in [1.82, 2.24) is 10.2 Å². The second-order valence-electron chi connectivity index (χ2n) is 7.75. The lowest BCUT2D eigenvalue weighted by Crippen LogP contribution is -2.54. The summed E-state index contributed by atoms with van der Waals surface area (Å²) in [6, 6.07) is 18.9. The van der Waals surface area contributed by atoms with Gasteiger partial charge in [0.05, 0.1) is 6.04 Å². The van der Waals surface area contributed by atoms with Gasteiger partial charge in [-0.1, -0.05) is 55.5 Å². The number of anilines is 1. The van der Waals surface area contributed by atoms with Gasteiger partial charge < -0.3 is 10.2 Å². The van der Waals surface area contributed by atoms with E-state index in [4.69, 9.17) is 0 Å². The van der Waals surface area contributed by atoms with Crippen LogP contribution in [0.2, 0.25) is 0 Å². The van der Waals surface area contributed by atoms with E-state index >= 15 is 0 Å². The second-order valence-corrected chi connectivity index (χ2v) is 7.75. The van der Waals surface area contributed by atoms with Crippen LogP contribution in [-0.4, -0.2) is 49.6 Å². The smallest absolute Gasteiger partial charge is 0.237 e. The highest BCUT2D eigenvalue weighted by molar-refractivity contribution is 5.81. The van der Waals surface area contributed by atoms with Crippen LogP contribution in [0.5, 0.6) is 0 Å². The molecule has 0 radical (unpaired) electrons. The van der Waals surface area contributed by atoms with Crippen LogP contribution in [-0.2, 0) is 4.79 Å². The molecular weight excluding hydrogens is 346 g/mol. The molecule has 0 bridgehead atoms. The number of nitrogens with one attached hydrogen (secondary N) is 1. The van der Waals surface area contributed by atoms with Gasteiger partial charge in [0.1, 0.15) is 0 Å². The summed E-state index contributed by atoms with van der Waals surface area (Å²) in [6.07, 6.45) is 1.02. The van der Waals surface area contributed by atoms with E-state index < -0.39 is 0 Å². The molecule has 0 saturated carbocycles. The number of piperazine rings is 1. The number of carbonyl (C=O) groups excluding carboxylic acids is 1. The van der Waals surface area contributed by atoms with Crippen LogP contribution < -0.4 is 10.2 Å². The van der Waals surface area contributed by atoms with Crippen molar-refractivity contribution >= 4 is 11.6 Å². The lowest BCUT2D eigenvalue weighted by atomic mass is 9.96. The van der Waals surface area contributed by atoms with Crippen molar-refractivity contribution in [3.05, 3.63) is 65.7 Å². The number of para-hydroxylation sites is 1. The molecule has 4 heteroatoms. The highest BCUT2D eigenvalue weighted by Gasteiger charge is 2.26. The second kappa shape index (κ2) is 9.74. The Morgan fingerprint density at radius 3 is 2.29 bits per heavy atom. The molecule has 1 heterocycles. The Labute approximate surface area is 169 Å². The fourth-order valence-electron chi connectivity index (χ4n) is 4.03. The van der Waals surface area contributed by atoms with Crippen molar-refractivity contribution in [2.75, 3.05) is 37.6 Å². The van der Waals surface area contributed by atoms with Gasteiger partial charge in [0.2, 0.25) is 5.91 Å². The van der Waals surface area contributed by atoms with Gasteiger partial charge in [0.25, 0.3) is 0 Å². The van der Waals surface area contributed by atoms with Crippen LogP contribution in [0.3, 0.4) is 0 Å². The van der Waals surface area contributed by atoms with E-state index in [1.165, 1.54) is 16.8 Å². The van der Waals surface area contributed by atoms with Crippen molar-refractivity contribution in [3.63, 3.8) is 0 Å². The zero-order valence-corrected chi connectivity index (χ0v) is 17.4. The van der Waals surface area contributed by atoms with Crippen LogP contribution in [0.25, 0.3) is 0 Å². The zero-order chi connectivity index (χ0) is 19.9. The third-order valence-corrected chi connectivity index (χ3v) is 5.98. The quantitative estimate of drug-likeness (QED) is 0.794. The summed E-state index contributed by atoms with van der Waals surface area (Å²) < 4.78 is 0. The minimum Gasteiger partial charge on any atom is -0.369 e. The Morgan fingerprint density at radius 1 is 1.00 bits per heavy atom. The average molecular weight is 380 g/mol. The van der Waals surface area contributed by atoms with Gasteiger partial charge in [-0.25, -0.2) is 0 Å². The minimum absolute atomic E-state index is 0.0905. The molecule has 1 amide bonds. The third-order valence-electron chi connectivity index (χ3n) is 5.98. The number of hydrogen-bond acceptors (Lipinski definition) is 3. The summed E-state index contributed by atoms with van der Waals surface area (Å²) in [5.41, 5.74) is 3.92. The lowest BCUT2D eigenvalue weighted by Gasteiger charge is -2.39. The molecule has 2 aromatic rings. The molecule has 3 rings (SSSR count). The number of hydrogen-bond donors (Lipinski definition) is 1. The maximum Gasteiger partial charge on any atom is 0.237 e. The molecular formula is C24H33N3O. The van der Waals surface area contributed by atoms with Gasteiger partial charge in [0.15, 0.2) is 0 Å². The number of benzene rings is 2. The molecule has 1 saturated heterocycles. The summed E-state index contributed by atoms with van der Waals surface area (Å²) in [4.78, 5) is 17.5. The molecule has 2 aromatic carbocycles. The van der Waals surface area contributed by atoms with Crippen LogP contribution in [0.4, 0.5) is 5.69 Å². The molecule has 2 atom stereocenters. The summed E-state index contributed by atoms with van der Waals surface area (Å²) in [6.45, 7) is 10.8. The Bertz CT molecular complexity index is 753. The maximum absolute atomic E-state index is 12.7. The number of nitrogens with zero attached hydrogens (tertiary/aromatic N) is 2. The van der Waals surface area contributed by atoms with E-state index in [1.54, 1.807) is 0 Å². The topological polar surface area (TPSA) is 35.6 Å². The standard InChI is InChI=1S/C24H33N3O/c1-4-21(22-11-6-5-7-12-22)18-25-24(28)20(3)26-14-16-27(17-15-26)23-13-9-8-10-19(23)2/h5-13,20-21H,4,14-18H2,1-3H3,(H,25,28)/t20-,21-/m1/s1. The highest BCUT2D eigenvalue weighted by atomic mass is 16.2. The highest BCUT2D eigenvalue weighted by Crippen LogP contribution is 2.22. The minimum atomic E-state index is -0.0905. The van der Waals surface area contributed by atoms with Gasteiger partial charge in [-0.3, -0.25) is 9.69 Å².